The molecule has 0 saturated carbocycles. The van der Waals surface area contributed by atoms with E-state index < -0.39 is 15.1 Å². The van der Waals surface area contributed by atoms with Gasteiger partial charge in [0, 0.05) is 18.3 Å². The molecule has 0 bridgehead atoms. The highest BCUT2D eigenvalue weighted by Crippen LogP contribution is 2.22. The molecule has 1 heterocycles. The summed E-state index contributed by atoms with van der Waals surface area (Å²) in [5.74, 6) is 0. The average molecular weight is 326 g/mol. The number of hydrogen-bond donors (Lipinski definition) is 1. The van der Waals surface area contributed by atoms with E-state index in [2.05, 4.69) is 9.97 Å². The number of aromatic amines is 1. The molecule has 118 valence electrons. The molecule has 1 aromatic heterocycles. The van der Waals surface area contributed by atoms with Crippen LogP contribution in [0, 0.1) is 0 Å². The summed E-state index contributed by atoms with van der Waals surface area (Å²) in [5.41, 5.74) is 1.84. The quantitative estimate of drug-likeness (QED) is 0.757. The Kier molecular flexibility index (Phi) is 4.57. The number of aromatic nitrogens is 2. The van der Waals surface area contributed by atoms with Crippen LogP contribution in [0.25, 0.3) is 0 Å². The lowest BCUT2D eigenvalue weighted by Crippen LogP contribution is -2.26. The standard InChI is InChI=1S/C18H18N2O2S/c21-23(22,17-9-5-2-6-10-17)18(12-16-13-19-14-20-16)11-15-7-3-1-4-8-15/h1-10,13-14,18H,11-12H2,(H,19,20). The van der Waals surface area contributed by atoms with Crippen molar-refractivity contribution in [3.05, 3.63) is 84.4 Å². The number of nitrogens with zero attached hydrogens (tertiary/aromatic N) is 1. The van der Waals surface area contributed by atoms with Crippen molar-refractivity contribution < 1.29 is 8.42 Å². The van der Waals surface area contributed by atoms with E-state index in [0.29, 0.717) is 17.7 Å². The maximum atomic E-state index is 13.0. The monoisotopic (exact) mass is 326 g/mol. The molecule has 0 fully saturated rings. The number of sulfone groups is 1. The van der Waals surface area contributed by atoms with Gasteiger partial charge in [-0.15, -0.1) is 0 Å². The molecule has 0 aliphatic carbocycles. The van der Waals surface area contributed by atoms with Crippen molar-refractivity contribution in [1.82, 2.24) is 9.97 Å². The molecule has 0 aliphatic heterocycles. The van der Waals surface area contributed by atoms with Crippen molar-refractivity contribution in [2.45, 2.75) is 23.0 Å². The Balaban J connectivity index is 1.94. The summed E-state index contributed by atoms with van der Waals surface area (Å²) in [6, 6.07) is 18.3. The number of rotatable bonds is 6. The Morgan fingerprint density at radius 3 is 2.17 bits per heavy atom. The van der Waals surface area contributed by atoms with Crippen LogP contribution in [0.5, 0.6) is 0 Å². The van der Waals surface area contributed by atoms with E-state index in [4.69, 9.17) is 0 Å². The Bertz CT molecular complexity index is 829. The van der Waals surface area contributed by atoms with Crippen LogP contribution in [0.4, 0.5) is 0 Å². The molecule has 4 nitrogen and oxygen atoms in total. The molecule has 1 atom stereocenters. The van der Waals surface area contributed by atoms with Crippen LogP contribution in [0.2, 0.25) is 0 Å². The minimum Gasteiger partial charge on any atom is -0.348 e. The number of H-pyrrole nitrogens is 1. The molecular formula is C18H18N2O2S. The zero-order valence-corrected chi connectivity index (χ0v) is 13.4. The van der Waals surface area contributed by atoms with Gasteiger partial charge in [-0.05, 0) is 24.1 Å². The molecule has 3 rings (SSSR count). The van der Waals surface area contributed by atoms with Crippen LogP contribution in [0.3, 0.4) is 0 Å². The predicted molar refractivity (Wildman–Crippen MR) is 89.9 cm³/mol. The average Bonchev–Trinajstić information content (AvgIpc) is 3.09. The minimum atomic E-state index is -3.42. The van der Waals surface area contributed by atoms with E-state index in [1.165, 1.54) is 0 Å². The summed E-state index contributed by atoms with van der Waals surface area (Å²) in [6.07, 6.45) is 4.13. The minimum absolute atomic E-state index is 0.362. The first-order valence-corrected chi connectivity index (χ1v) is 9.01. The van der Waals surface area contributed by atoms with Crippen LogP contribution in [-0.2, 0) is 22.7 Å². The largest absolute Gasteiger partial charge is 0.348 e. The van der Waals surface area contributed by atoms with Gasteiger partial charge in [0.1, 0.15) is 0 Å². The molecule has 0 spiro atoms. The highest BCUT2D eigenvalue weighted by Gasteiger charge is 2.28. The summed E-state index contributed by atoms with van der Waals surface area (Å²) >= 11 is 0. The van der Waals surface area contributed by atoms with Gasteiger partial charge >= 0.3 is 0 Å². The first-order chi connectivity index (χ1) is 11.2. The van der Waals surface area contributed by atoms with Crippen LogP contribution in [0.1, 0.15) is 11.3 Å². The lowest BCUT2D eigenvalue weighted by Gasteiger charge is -2.17. The molecular weight excluding hydrogens is 308 g/mol. The third-order valence-electron chi connectivity index (χ3n) is 3.82. The lowest BCUT2D eigenvalue weighted by molar-refractivity contribution is 0.575. The highest BCUT2D eigenvalue weighted by atomic mass is 32.2. The topological polar surface area (TPSA) is 62.8 Å². The van der Waals surface area contributed by atoms with Crippen molar-refractivity contribution in [1.29, 1.82) is 0 Å². The zero-order valence-electron chi connectivity index (χ0n) is 12.6. The molecule has 0 radical (unpaired) electrons. The Labute approximate surface area is 136 Å². The molecule has 1 unspecified atom stereocenters. The molecule has 0 aliphatic rings. The zero-order chi connectivity index (χ0) is 16.1. The maximum absolute atomic E-state index is 13.0. The van der Waals surface area contributed by atoms with E-state index in [1.807, 2.05) is 36.4 Å². The summed E-state index contributed by atoms with van der Waals surface area (Å²) in [5, 5.41) is -0.534. The van der Waals surface area contributed by atoms with Gasteiger partial charge in [-0.3, -0.25) is 0 Å². The third-order valence-corrected chi connectivity index (χ3v) is 5.96. The Morgan fingerprint density at radius 2 is 1.57 bits per heavy atom. The Morgan fingerprint density at radius 1 is 0.913 bits per heavy atom. The van der Waals surface area contributed by atoms with E-state index in [1.54, 1.807) is 36.8 Å². The third kappa shape index (κ3) is 3.68. The molecule has 2 aromatic carbocycles. The van der Waals surface area contributed by atoms with Gasteiger partial charge in [-0.25, -0.2) is 13.4 Å². The lowest BCUT2D eigenvalue weighted by atomic mass is 10.1. The summed E-state index contributed by atoms with van der Waals surface area (Å²) in [7, 11) is -3.42. The van der Waals surface area contributed by atoms with Crippen LogP contribution < -0.4 is 0 Å². The van der Waals surface area contributed by atoms with Crippen molar-refractivity contribution in [3.63, 3.8) is 0 Å². The van der Waals surface area contributed by atoms with Crippen molar-refractivity contribution in [3.8, 4) is 0 Å². The van der Waals surface area contributed by atoms with Gasteiger partial charge in [0.2, 0.25) is 0 Å². The molecule has 0 saturated heterocycles. The van der Waals surface area contributed by atoms with Gasteiger partial charge < -0.3 is 4.98 Å². The predicted octanol–water partition coefficient (Wildman–Crippen LogP) is 3.04. The number of imidazole rings is 1. The van der Waals surface area contributed by atoms with E-state index in [-0.39, 0.29) is 0 Å². The van der Waals surface area contributed by atoms with E-state index >= 15 is 0 Å². The van der Waals surface area contributed by atoms with E-state index in [0.717, 1.165) is 11.3 Å². The normalized spacial score (nSPS) is 12.9. The first kappa shape index (κ1) is 15.5. The van der Waals surface area contributed by atoms with Crippen molar-refractivity contribution >= 4 is 9.84 Å². The second kappa shape index (κ2) is 6.79. The smallest absolute Gasteiger partial charge is 0.181 e. The fourth-order valence-electron chi connectivity index (χ4n) is 2.61. The Hall–Kier alpha value is -2.40. The number of benzene rings is 2. The second-order valence-corrected chi connectivity index (χ2v) is 7.68. The van der Waals surface area contributed by atoms with Crippen molar-refractivity contribution in [2.24, 2.45) is 0 Å². The number of nitrogens with one attached hydrogen (secondary N) is 1. The molecule has 1 N–H and O–H groups in total. The van der Waals surface area contributed by atoms with Gasteiger partial charge in [0.25, 0.3) is 0 Å². The molecule has 0 amide bonds. The molecule has 3 aromatic rings. The van der Waals surface area contributed by atoms with Gasteiger partial charge in [-0.2, -0.15) is 0 Å². The fourth-order valence-corrected chi connectivity index (χ4v) is 4.35. The summed E-state index contributed by atoms with van der Waals surface area (Å²) < 4.78 is 26.1. The number of hydrogen-bond acceptors (Lipinski definition) is 3. The maximum Gasteiger partial charge on any atom is 0.181 e. The van der Waals surface area contributed by atoms with Gasteiger partial charge in [0.15, 0.2) is 9.84 Å². The summed E-state index contributed by atoms with van der Waals surface area (Å²) in [6.45, 7) is 0. The molecule has 5 heteroatoms. The first-order valence-electron chi connectivity index (χ1n) is 7.46. The molecule has 23 heavy (non-hydrogen) atoms. The van der Waals surface area contributed by atoms with Crippen molar-refractivity contribution in [2.75, 3.05) is 0 Å². The SMILES string of the molecule is O=S(=O)(c1ccccc1)C(Cc1ccccc1)Cc1cnc[nH]1. The summed E-state index contributed by atoms with van der Waals surface area (Å²) in [4.78, 5) is 7.35. The second-order valence-electron chi connectivity index (χ2n) is 5.45. The highest BCUT2D eigenvalue weighted by molar-refractivity contribution is 7.92. The van der Waals surface area contributed by atoms with Crippen LogP contribution in [0.15, 0.2) is 78.1 Å². The fraction of sp³-hybridized carbons (Fsp3) is 0.167. The van der Waals surface area contributed by atoms with E-state index in [9.17, 15) is 8.42 Å². The van der Waals surface area contributed by atoms with Gasteiger partial charge in [0.05, 0.1) is 16.5 Å². The van der Waals surface area contributed by atoms with Crippen LogP contribution >= 0.6 is 0 Å². The van der Waals surface area contributed by atoms with Gasteiger partial charge in [-0.1, -0.05) is 48.5 Å². The van der Waals surface area contributed by atoms with Crippen LogP contribution in [-0.4, -0.2) is 23.6 Å².